The summed E-state index contributed by atoms with van der Waals surface area (Å²) in [5, 5.41) is 3.44. The molecule has 138 valence electrons. The SMILES string of the molecule is CCNC(=NCCCCOCC)N1CCC(=Cc2ccccc2)CC1. The molecule has 1 aliphatic rings. The minimum Gasteiger partial charge on any atom is -0.382 e. The van der Waals surface area contributed by atoms with Gasteiger partial charge in [-0.1, -0.05) is 42.0 Å². The number of nitrogens with zero attached hydrogens (tertiary/aromatic N) is 2. The smallest absolute Gasteiger partial charge is 0.193 e. The first-order valence-electron chi connectivity index (χ1n) is 9.69. The molecule has 0 amide bonds. The number of hydrogen-bond acceptors (Lipinski definition) is 2. The van der Waals surface area contributed by atoms with Crippen molar-refractivity contribution in [3.63, 3.8) is 0 Å². The van der Waals surface area contributed by atoms with Crippen LogP contribution in [-0.4, -0.2) is 50.3 Å². The topological polar surface area (TPSA) is 36.9 Å². The molecule has 1 aromatic carbocycles. The van der Waals surface area contributed by atoms with Crippen molar-refractivity contribution in [1.29, 1.82) is 0 Å². The maximum atomic E-state index is 5.38. The Morgan fingerprint density at radius 3 is 2.60 bits per heavy atom. The van der Waals surface area contributed by atoms with Gasteiger partial charge in [-0.3, -0.25) is 4.99 Å². The van der Waals surface area contributed by atoms with Crippen LogP contribution in [0.2, 0.25) is 0 Å². The second kappa shape index (κ2) is 11.7. The molecule has 0 aromatic heterocycles. The molecule has 25 heavy (non-hydrogen) atoms. The molecule has 4 nitrogen and oxygen atoms in total. The maximum Gasteiger partial charge on any atom is 0.193 e. The summed E-state index contributed by atoms with van der Waals surface area (Å²) < 4.78 is 5.38. The molecule has 1 fully saturated rings. The zero-order valence-corrected chi connectivity index (χ0v) is 15.8. The van der Waals surface area contributed by atoms with Crippen molar-refractivity contribution in [2.75, 3.05) is 39.4 Å². The Kier molecular flexibility index (Phi) is 9.13. The summed E-state index contributed by atoms with van der Waals surface area (Å²) in [6, 6.07) is 10.6. The van der Waals surface area contributed by atoms with Crippen LogP contribution in [0.1, 0.15) is 45.1 Å². The molecule has 4 heteroatoms. The van der Waals surface area contributed by atoms with Gasteiger partial charge in [-0.25, -0.2) is 0 Å². The van der Waals surface area contributed by atoms with Crippen LogP contribution >= 0.6 is 0 Å². The fraction of sp³-hybridized carbons (Fsp3) is 0.571. The lowest BCUT2D eigenvalue weighted by Crippen LogP contribution is -2.44. The van der Waals surface area contributed by atoms with E-state index in [1.54, 1.807) is 0 Å². The van der Waals surface area contributed by atoms with Crippen LogP contribution in [0.25, 0.3) is 6.08 Å². The van der Waals surface area contributed by atoms with Gasteiger partial charge in [-0.05, 0) is 45.1 Å². The van der Waals surface area contributed by atoms with E-state index in [0.29, 0.717) is 0 Å². The minimum absolute atomic E-state index is 0.804. The Morgan fingerprint density at radius 2 is 1.92 bits per heavy atom. The number of benzene rings is 1. The molecule has 1 aliphatic heterocycles. The number of hydrogen-bond donors (Lipinski definition) is 1. The predicted octanol–water partition coefficient (Wildman–Crippen LogP) is 3.95. The molecule has 2 rings (SSSR count). The lowest BCUT2D eigenvalue weighted by molar-refractivity contribution is 0.144. The highest BCUT2D eigenvalue weighted by Crippen LogP contribution is 2.19. The molecule has 1 heterocycles. The molecule has 0 radical (unpaired) electrons. The van der Waals surface area contributed by atoms with Crippen molar-refractivity contribution in [3.8, 4) is 0 Å². The fourth-order valence-corrected chi connectivity index (χ4v) is 3.01. The number of rotatable bonds is 8. The molecule has 1 N–H and O–H groups in total. The van der Waals surface area contributed by atoms with Crippen LogP contribution in [0.5, 0.6) is 0 Å². The first-order chi connectivity index (χ1) is 12.3. The highest BCUT2D eigenvalue weighted by atomic mass is 16.5. The summed E-state index contributed by atoms with van der Waals surface area (Å²) in [6.45, 7) is 9.71. The average Bonchev–Trinajstić information content (AvgIpc) is 2.65. The first-order valence-corrected chi connectivity index (χ1v) is 9.69. The van der Waals surface area contributed by atoms with Crippen molar-refractivity contribution >= 4 is 12.0 Å². The average molecular weight is 344 g/mol. The van der Waals surface area contributed by atoms with Crippen molar-refractivity contribution in [2.24, 2.45) is 4.99 Å². The third-order valence-corrected chi connectivity index (χ3v) is 4.37. The summed E-state index contributed by atoms with van der Waals surface area (Å²) in [4.78, 5) is 7.20. The minimum atomic E-state index is 0.804. The van der Waals surface area contributed by atoms with E-state index in [9.17, 15) is 0 Å². The summed E-state index contributed by atoms with van der Waals surface area (Å²) >= 11 is 0. The standard InChI is InChI=1S/C21H33N3O/c1-3-22-21(23-14-8-9-17-25-4-2)24-15-12-20(13-16-24)18-19-10-6-5-7-11-19/h5-7,10-11,18H,3-4,8-9,12-17H2,1-2H3,(H,22,23). The van der Waals surface area contributed by atoms with Gasteiger partial charge < -0.3 is 15.0 Å². The molecule has 0 unspecified atom stereocenters. The molecule has 0 saturated carbocycles. The molecule has 0 atom stereocenters. The van der Waals surface area contributed by atoms with Crippen molar-refractivity contribution in [1.82, 2.24) is 10.2 Å². The lowest BCUT2D eigenvalue weighted by atomic mass is 10.0. The van der Waals surface area contributed by atoms with Gasteiger partial charge in [-0.2, -0.15) is 0 Å². The molecule has 0 spiro atoms. The lowest BCUT2D eigenvalue weighted by Gasteiger charge is -2.31. The maximum absolute atomic E-state index is 5.38. The number of ether oxygens (including phenoxy) is 1. The van der Waals surface area contributed by atoms with E-state index < -0.39 is 0 Å². The molecule has 0 bridgehead atoms. The molecular formula is C21H33N3O. The number of nitrogens with one attached hydrogen (secondary N) is 1. The summed E-state index contributed by atoms with van der Waals surface area (Å²) in [5.41, 5.74) is 2.84. The van der Waals surface area contributed by atoms with Gasteiger partial charge in [0.1, 0.15) is 0 Å². The predicted molar refractivity (Wildman–Crippen MR) is 107 cm³/mol. The van der Waals surface area contributed by atoms with Crippen LogP contribution in [0, 0.1) is 0 Å². The van der Waals surface area contributed by atoms with Gasteiger partial charge in [0, 0.05) is 39.4 Å². The largest absolute Gasteiger partial charge is 0.382 e. The van der Waals surface area contributed by atoms with Crippen LogP contribution in [-0.2, 0) is 4.74 Å². The third-order valence-electron chi connectivity index (χ3n) is 4.37. The number of guanidine groups is 1. The van der Waals surface area contributed by atoms with Gasteiger partial charge in [0.2, 0.25) is 0 Å². The van der Waals surface area contributed by atoms with Crippen LogP contribution in [0.4, 0.5) is 0 Å². The number of unbranched alkanes of at least 4 members (excludes halogenated alkanes) is 1. The third kappa shape index (κ3) is 7.30. The zero-order valence-electron chi connectivity index (χ0n) is 15.8. The Hall–Kier alpha value is -1.81. The summed E-state index contributed by atoms with van der Waals surface area (Å²) in [6.07, 6.45) is 6.74. The second-order valence-electron chi connectivity index (χ2n) is 6.34. The van der Waals surface area contributed by atoms with Gasteiger partial charge in [0.05, 0.1) is 0 Å². The zero-order chi connectivity index (χ0) is 17.7. The van der Waals surface area contributed by atoms with E-state index in [1.807, 2.05) is 6.92 Å². The van der Waals surface area contributed by atoms with Crippen molar-refractivity contribution in [3.05, 3.63) is 41.5 Å². The summed E-state index contributed by atoms with van der Waals surface area (Å²) in [5.74, 6) is 1.07. The van der Waals surface area contributed by atoms with E-state index in [1.165, 1.54) is 11.1 Å². The van der Waals surface area contributed by atoms with E-state index in [4.69, 9.17) is 9.73 Å². The van der Waals surface area contributed by atoms with Gasteiger partial charge >= 0.3 is 0 Å². The number of likely N-dealkylation sites (tertiary alicyclic amines) is 1. The monoisotopic (exact) mass is 343 g/mol. The second-order valence-corrected chi connectivity index (χ2v) is 6.34. The Morgan fingerprint density at radius 1 is 1.16 bits per heavy atom. The molecule has 1 aromatic rings. The molecular weight excluding hydrogens is 310 g/mol. The fourth-order valence-electron chi connectivity index (χ4n) is 3.01. The van der Waals surface area contributed by atoms with Gasteiger partial charge in [0.25, 0.3) is 0 Å². The Balaban J connectivity index is 1.81. The van der Waals surface area contributed by atoms with Crippen molar-refractivity contribution in [2.45, 2.75) is 39.5 Å². The van der Waals surface area contributed by atoms with Crippen LogP contribution in [0.15, 0.2) is 40.9 Å². The van der Waals surface area contributed by atoms with Crippen LogP contribution < -0.4 is 5.32 Å². The van der Waals surface area contributed by atoms with E-state index in [2.05, 4.69) is 53.5 Å². The normalized spacial score (nSPS) is 15.4. The van der Waals surface area contributed by atoms with Crippen molar-refractivity contribution < 1.29 is 4.74 Å². The summed E-state index contributed by atoms with van der Waals surface area (Å²) in [7, 11) is 0. The van der Waals surface area contributed by atoms with E-state index in [-0.39, 0.29) is 0 Å². The quantitative estimate of drug-likeness (QED) is 0.441. The van der Waals surface area contributed by atoms with Gasteiger partial charge in [-0.15, -0.1) is 0 Å². The Bertz CT molecular complexity index is 529. The first kappa shape index (κ1) is 19.5. The van der Waals surface area contributed by atoms with Gasteiger partial charge in [0.15, 0.2) is 5.96 Å². The van der Waals surface area contributed by atoms with E-state index in [0.717, 1.165) is 71.0 Å². The molecule has 0 aliphatic carbocycles. The van der Waals surface area contributed by atoms with Crippen LogP contribution in [0.3, 0.4) is 0 Å². The molecule has 1 saturated heterocycles. The highest BCUT2D eigenvalue weighted by molar-refractivity contribution is 5.80. The van der Waals surface area contributed by atoms with E-state index >= 15 is 0 Å². The Labute approximate surface area is 153 Å². The number of piperidine rings is 1. The highest BCUT2D eigenvalue weighted by Gasteiger charge is 2.16. The number of aliphatic imine (C=N–C) groups is 1.